The van der Waals surface area contributed by atoms with Gasteiger partial charge in [0, 0.05) is 37.9 Å². The molecule has 1 atom stereocenters. The normalized spacial score (nSPS) is 15.3. The van der Waals surface area contributed by atoms with Crippen LogP contribution >= 0.6 is 11.3 Å². The number of benzene rings is 3. The number of hydrogen-bond donors (Lipinski definition) is 1. The van der Waals surface area contributed by atoms with Crippen molar-refractivity contribution in [1.29, 1.82) is 0 Å². The largest absolute Gasteiger partial charge is 0.497 e. The summed E-state index contributed by atoms with van der Waals surface area (Å²) >= 11 is 1.29. The fraction of sp³-hybridized carbons (Fsp3) is 0.286. The Kier molecular flexibility index (Phi) is 7.23. The lowest BCUT2D eigenvalue weighted by Gasteiger charge is -2.23. The minimum Gasteiger partial charge on any atom is -0.497 e. The van der Waals surface area contributed by atoms with Crippen LogP contribution in [0.5, 0.6) is 5.75 Å². The standard InChI is InChI=1S/C28H27F2N3O3S/c1-36-22-10-7-19(24(30)15-22)11-14-33(28-31-25-4-2-3-23(29)26(25)37-28)16-18-5-8-21(9-6-18)32-13-12-20(17-32)27(34)35/h2-10,15,20H,11-14,16-17H2,1H3,(H,34,35)/t20-/m0/s1. The minimum atomic E-state index is -0.754. The van der Waals surface area contributed by atoms with Crippen molar-refractivity contribution in [1.82, 2.24) is 4.98 Å². The van der Waals surface area contributed by atoms with Gasteiger partial charge in [0.05, 0.1) is 23.2 Å². The second-order valence-corrected chi connectivity index (χ2v) is 10.1. The van der Waals surface area contributed by atoms with Crippen molar-refractivity contribution in [2.24, 2.45) is 5.92 Å². The number of carbonyl (C=O) groups is 1. The molecule has 3 aromatic carbocycles. The minimum absolute atomic E-state index is 0.308. The highest BCUT2D eigenvalue weighted by Crippen LogP contribution is 2.32. The van der Waals surface area contributed by atoms with E-state index in [0.29, 0.717) is 65.7 Å². The van der Waals surface area contributed by atoms with Gasteiger partial charge in [-0.1, -0.05) is 35.6 Å². The summed E-state index contributed by atoms with van der Waals surface area (Å²) in [6, 6.07) is 17.7. The molecule has 192 valence electrons. The maximum absolute atomic E-state index is 14.6. The van der Waals surface area contributed by atoms with Gasteiger partial charge in [-0.2, -0.15) is 0 Å². The molecule has 37 heavy (non-hydrogen) atoms. The van der Waals surface area contributed by atoms with E-state index < -0.39 is 5.97 Å². The monoisotopic (exact) mass is 523 g/mol. The number of aromatic nitrogens is 1. The highest BCUT2D eigenvalue weighted by molar-refractivity contribution is 7.22. The Balaban J connectivity index is 1.36. The number of halogens is 2. The lowest BCUT2D eigenvalue weighted by molar-refractivity contribution is -0.140. The van der Waals surface area contributed by atoms with Crippen LogP contribution in [0.3, 0.4) is 0 Å². The molecule has 0 spiro atoms. The third kappa shape index (κ3) is 5.51. The molecule has 5 rings (SSSR count). The Morgan fingerprint density at radius 2 is 1.97 bits per heavy atom. The molecule has 1 aliphatic rings. The summed E-state index contributed by atoms with van der Waals surface area (Å²) in [5.74, 6) is -1.27. The topological polar surface area (TPSA) is 65.9 Å². The van der Waals surface area contributed by atoms with Gasteiger partial charge in [-0.15, -0.1) is 0 Å². The number of thiazole rings is 1. The first kappa shape index (κ1) is 25.0. The molecule has 1 saturated heterocycles. The highest BCUT2D eigenvalue weighted by Gasteiger charge is 2.28. The van der Waals surface area contributed by atoms with Crippen LogP contribution in [0, 0.1) is 17.6 Å². The average Bonchev–Trinajstić information content (AvgIpc) is 3.56. The van der Waals surface area contributed by atoms with Crippen molar-refractivity contribution in [2.45, 2.75) is 19.4 Å². The number of carboxylic acid groups (broad SMARTS) is 1. The van der Waals surface area contributed by atoms with Crippen LogP contribution in [0.4, 0.5) is 19.6 Å². The summed E-state index contributed by atoms with van der Waals surface area (Å²) < 4.78 is 34.6. The summed E-state index contributed by atoms with van der Waals surface area (Å²) in [4.78, 5) is 20.1. The number of anilines is 2. The first-order valence-electron chi connectivity index (χ1n) is 12.1. The number of nitrogens with zero attached hydrogens (tertiary/aromatic N) is 3. The predicted molar refractivity (Wildman–Crippen MR) is 142 cm³/mol. The number of methoxy groups -OCH3 is 1. The van der Waals surface area contributed by atoms with Crippen LogP contribution < -0.4 is 14.5 Å². The molecule has 1 N–H and O–H groups in total. The number of aliphatic carboxylic acids is 1. The van der Waals surface area contributed by atoms with E-state index >= 15 is 0 Å². The molecule has 0 saturated carbocycles. The van der Waals surface area contributed by atoms with Crippen LogP contribution in [-0.2, 0) is 17.8 Å². The van der Waals surface area contributed by atoms with E-state index in [1.54, 1.807) is 24.3 Å². The van der Waals surface area contributed by atoms with E-state index in [1.807, 2.05) is 29.2 Å². The molecule has 2 heterocycles. The fourth-order valence-electron chi connectivity index (χ4n) is 4.62. The molecular formula is C28H27F2N3O3S. The Morgan fingerprint density at radius 3 is 2.65 bits per heavy atom. The Labute approximate surface area is 217 Å². The van der Waals surface area contributed by atoms with Crippen LogP contribution in [0.1, 0.15) is 17.5 Å². The maximum Gasteiger partial charge on any atom is 0.308 e. The molecule has 9 heteroatoms. The zero-order valence-electron chi connectivity index (χ0n) is 20.4. The summed E-state index contributed by atoms with van der Waals surface area (Å²) in [5, 5.41) is 9.95. The molecule has 1 aromatic heterocycles. The van der Waals surface area contributed by atoms with Gasteiger partial charge in [0.25, 0.3) is 0 Å². The highest BCUT2D eigenvalue weighted by atomic mass is 32.1. The molecule has 0 radical (unpaired) electrons. The van der Waals surface area contributed by atoms with E-state index in [0.717, 1.165) is 11.3 Å². The van der Waals surface area contributed by atoms with Crippen LogP contribution in [0.25, 0.3) is 10.2 Å². The molecule has 0 aliphatic carbocycles. The summed E-state index contributed by atoms with van der Waals surface area (Å²) in [5.41, 5.74) is 3.17. The third-order valence-electron chi connectivity index (χ3n) is 6.75. The third-order valence-corrected chi connectivity index (χ3v) is 7.89. The van der Waals surface area contributed by atoms with Crippen molar-refractivity contribution in [2.75, 3.05) is 36.5 Å². The Hall–Kier alpha value is -3.72. The molecule has 6 nitrogen and oxygen atoms in total. The molecule has 1 aliphatic heterocycles. The summed E-state index contributed by atoms with van der Waals surface area (Å²) in [6.07, 6.45) is 1.08. The molecule has 0 unspecified atom stereocenters. The van der Waals surface area contributed by atoms with Crippen LogP contribution in [-0.4, -0.2) is 42.8 Å². The van der Waals surface area contributed by atoms with E-state index in [1.165, 1.54) is 30.6 Å². The van der Waals surface area contributed by atoms with Gasteiger partial charge in [0.1, 0.15) is 17.4 Å². The van der Waals surface area contributed by atoms with Crippen molar-refractivity contribution in [3.63, 3.8) is 0 Å². The lowest BCUT2D eigenvalue weighted by Crippen LogP contribution is -2.25. The maximum atomic E-state index is 14.6. The van der Waals surface area contributed by atoms with E-state index in [9.17, 15) is 18.7 Å². The number of ether oxygens (including phenoxy) is 1. The predicted octanol–water partition coefficient (Wildman–Crippen LogP) is 5.74. The van der Waals surface area contributed by atoms with Crippen molar-refractivity contribution < 1.29 is 23.4 Å². The van der Waals surface area contributed by atoms with Crippen LogP contribution in [0.15, 0.2) is 60.7 Å². The second-order valence-electron chi connectivity index (χ2n) is 9.15. The number of hydrogen-bond acceptors (Lipinski definition) is 6. The smallest absolute Gasteiger partial charge is 0.308 e. The molecular weight excluding hydrogens is 496 g/mol. The van der Waals surface area contributed by atoms with Gasteiger partial charge < -0.3 is 19.6 Å². The number of rotatable bonds is 9. The Morgan fingerprint density at radius 1 is 1.16 bits per heavy atom. The van der Waals surface area contributed by atoms with E-state index in [2.05, 4.69) is 9.88 Å². The van der Waals surface area contributed by atoms with Crippen LogP contribution in [0.2, 0.25) is 0 Å². The number of carboxylic acids is 1. The average molecular weight is 524 g/mol. The first-order valence-corrected chi connectivity index (χ1v) is 12.9. The van der Waals surface area contributed by atoms with Crippen molar-refractivity contribution in [3.8, 4) is 5.75 Å². The molecule has 1 fully saturated rings. The van der Waals surface area contributed by atoms with Gasteiger partial charge in [0.15, 0.2) is 5.13 Å². The van der Waals surface area contributed by atoms with Gasteiger partial charge in [-0.3, -0.25) is 4.79 Å². The quantitative estimate of drug-likeness (QED) is 0.302. The van der Waals surface area contributed by atoms with Gasteiger partial charge in [-0.05, 0) is 54.3 Å². The zero-order valence-corrected chi connectivity index (χ0v) is 21.2. The van der Waals surface area contributed by atoms with Crippen molar-refractivity contribution in [3.05, 3.63) is 83.4 Å². The molecule has 0 bridgehead atoms. The zero-order chi connectivity index (χ0) is 25.9. The summed E-state index contributed by atoms with van der Waals surface area (Å²) in [7, 11) is 1.50. The van der Waals surface area contributed by atoms with Gasteiger partial charge >= 0.3 is 5.97 Å². The summed E-state index contributed by atoms with van der Waals surface area (Å²) in [6.45, 7) is 2.22. The molecule has 4 aromatic rings. The number of fused-ring (bicyclic) bond motifs is 1. The molecule has 0 amide bonds. The van der Waals surface area contributed by atoms with E-state index in [-0.39, 0.29) is 17.6 Å². The van der Waals surface area contributed by atoms with Gasteiger partial charge in [0.2, 0.25) is 0 Å². The fourth-order valence-corrected chi connectivity index (χ4v) is 5.62. The Bertz CT molecular complexity index is 1410. The SMILES string of the molecule is COc1ccc(CCN(Cc2ccc(N3CC[C@H](C(=O)O)C3)cc2)c2nc3cccc(F)c3s2)c(F)c1. The second kappa shape index (κ2) is 10.7. The van der Waals surface area contributed by atoms with E-state index in [4.69, 9.17) is 4.74 Å². The van der Waals surface area contributed by atoms with Crippen molar-refractivity contribution >= 4 is 38.3 Å². The lowest BCUT2D eigenvalue weighted by atomic mass is 10.1. The first-order chi connectivity index (χ1) is 17.9. The van der Waals surface area contributed by atoms with Gasteiger partial charge in [-0.25, -0.2) is 13.8 Å².